The molecule has 5 rings (SSSR count). The molecule has 0 spiro atoms. The number of nitrogens with zero attached hydrogens (tertiary/aromatic N) is 4. The van der Waals surface area contributed by atoms with E-state index in [1.165, 1.54) is 11.1 Å². The summed E-state index contributed by atoms with van der Waals surface area (Å²) in [6.45, 7) is 7.64. The van der Waals surface area contributed by atoms with Crippen molar-refractivity contribution in [3.8, 4) is 5.82 Å². The fourth-order valence-corrected chi connectivity index (χ4v) is 4.69. The second-order valence-corrected chi connectivity index (χ2v) is 9.75. The fraction of sp³-hybridized carbons (Fsp3) is 0.286. The van der Waals surface area contributed by atoms with Crippen LogP contribution >= 0.6 is 0 Å². The minimum Gasteiger partial charge on any atom is -0.332 e. The first kappa shape index (κ1) is 21.3. The van der Waals surface area contributed by atoms with Crippen LogP contribution in [0.4, 0.5) is 0 Å². The Labute approximate surface area is 195 Å². The van der Waals surface area contributed by atoms with Gasteiger partial charge in [0.25, 0.3) is 0 Å². The molecule has 0 saturated carbocycles. The molecule has 0 saturated heterocycles. The Morgan fingerprint density at radius 3 is 2.00 bits per heavy atom. The van der Waals surface area contributed by atoms with E-state index in [9.17, 15) is 4.79 Å². The second kappa shape index (κ2) is 8.39. The largest absolute Gasteiger partial charge is 0.332 e. The molecular formula is C28H30N4O. The molecule has 1 amide bonds. The normalized spacial score (nSPS) is 13.5. The van der Waals surface area contributed by atoms with Crippen molar-refractivity contribution in [1.82, 2.24) is 19.2 Å². The SMILES string of the molecule is CC(C)(C)n1nc2c(c1-n1cccc1)CN(C(=O)CC(c1ccccc1)c1ccccc1)C2. The summed E-state index contributed by atoms with van der Waals surface area (Å²) in [5.74, 6) is 1.25. The molecule has 2 aromatic carbocycles. The van der Waals surface area contributed by atoms with Gasteiger partial charge >= 0.3 is 0 Å². The molecule has 0 fully saturated rings. The van der Waals surface area contributed by atoms with Crippen LogP contribution in [0, 0.1) is 0 Å². The van der Waals surface area contributed by atoms with Crippen molar-refractivity contribution < 1.29 is 4.79 Å². The van der Waals surface area contributed by atoms with E-state index in [4.69, 9.17) is 5.10 Å². The van der Waals surface area contributed by atoms with Gasteiger partial charge in [-0.3, -0.25) is 4.79 Å². The number of fused-ring (bicyclic) bond motifs is 1. The van der Waals surface area contributed by atoms with Crippen LogP contribution in [0.2, 0.25) is 0 Å². The van der Waals surface area contributed by atoms with Crippen molar-refractivity contribution in [1.29, 1.82) is 0 Å². The van der Waals surface area contributed by atoms with E-state index in [1.807, 2.05) is 65.8 Å². The highest BCUT2D eigenvalue weighted by Gasteiger charge is 2.34. The number of hydrogen-bond donors (Lipinski definition) is 0. The zero-order chi connectivity index (χ0) is 23.0. The van der Waals surface area contributed by atoms with E-state index in [0.29, 0.717) is 19.5 Å². The van der Waals surface area contributed by atoms with Crippen LogP contribution in [0.15, 0.2) is 85.2 Å². The molecule has 0 atom stereocenters. The third-order valence-corrected chi connectivity index (χ3v) is 6.35. The second-order valence-electron chi connectivity index (χ2n) is 9.75. The van der Waals surface area contributed by atoms with Gasteiger partial charge < -0.3 is 9.47 Å². The van der Waals surface area contributed by atoms with E-state index >= 15 is 0 Å². The summed E-state index contributed by atoms with van der Waals surface area (Å²) in [6, 6.07) is 24.7. The molecule has 2 aromatic heterocycles. The maximum Gasteiger partial charge on any atom is 0.224 e. The van der Waals surface area contributed by atoms with E-state index in [-0.39, 0.29) is 17.4 Å². The van der Waals surface area contributed by atoms with Crippen molar-refractivity contribution in [3.63, 3.8) is 0 Å². The Morgan fingerprint density at radius 1 is 0.879 bits per heavy atom. The first-order chi connectivity index (χ1) is 15.9. The smallest absolute Gasteiger partial charge is 0.224 e. The van der Waals surface area contributed by atoms with Gasteiger partial charge in [0.15, 0.2) is 0 Å². The van der Waals surface area contributed by atoms with Crippen molar-refractivity contribution in [3.05, 3.63) is 108 Å². The first-order valence-corrected chi connectivity index (χ1v) is 11.5. The number of carbonyl (C=O) groups is 1. The fourth-order valence-electron chi connectivity index (χ4n) is 4.69. The number of hydrogen-bond acceptors (Lipinski definition) is 2. The maximum atomic E-state index is 13.5. The lowest BCUT2D eigenvalue weighted by Crippen LogP contribution is -2.30. The lowest BCUT2D eigenvalue weighted by Gasteiger charge is -2.25. The summed E-state index contributed by atoms with van der Waals surface area (Å²) in [4.78, 5) is 15.5. The highest BCUT2D eigenvalue weighted by Crippen LogP contribution is 2.34. The van der Waals surface area contributed by atoms with Crippen molar-refractivity contribution in [2.75, 3.05) is 0 Å². The molecule has 0 N–H and O–H groups in total. The monoisotopic (exact) mass is 438 g/mol. The lowest BCUT2D eigenvalue weighted by molar-refractivity contribution is -0.132. The predicted octanol–water partition coefficient (Wildman–Crippen LogP) is 5.49. The molecule has 0 radical (unpaired) electrons. The number of amides is 1. The van der Waals surface area contributed by atoms with Crippen molar-refractivity contribution in [2.45, 2.75) is 51.7 Å². The lowest BCUT2D eigenvalue weighted by atomic mass is 9.88. The molecule has 0 bridgehead atoms. The van der Waals surface area contributed by atoms with Gasteiger partial charge in [0.05, 0.1) is 24.3 Å². The molecule has 5 heteroatoms. The Bertz CT molecular complexity index is 1200. The number of aromatic nitrogens is 3. The summed E-state index contributed by atoms with van der Waals surface area (Å²) in [6.07, 6.45) is 4.53. The van der Waals surface area contributed by atoms with E-state index in [0.717, 1.165) is 17.1 Å². The Hall–Kier alpha value is -3.60. The molecule has 0 aliphatic carbocycles. The van der Waals surface area contributed by atoms with Crippen LogP contribution in [0.1, 0.15) is 55.5 Å². The van der Waals surface area contributed by atoms with Gasteiger partial charge in [0.1, 0.15) is 5.82 Å². The minimum absolute atomic E-state index is 0.0336. The van der Waals surface area contributed by atoms with Gasteiger partial charge in [-0.15, -0.1) is 0 Å². The van der Waals surface area contributed by atoms with Gasteiger partial charge in [0.2, 0.25) is 5.91 Å². The van der Waals surface area contributed by atoms with Crippen LogP contribution < -0.4 is 0 Å². The molecule has 1 aliphatic rings. The van der Waals surface area contributed by atoms with E-state index in [1.54, 1.807) is 0 Å². The van der Waals surface area contributed by atoms with E-state index in [2.05, 4.69) is 54.3 Å². The standard InChI is InChI=1S/C28H30N4O/c1-28(2,3)32-27(30-16-10-11-17-30)24-19-31(20-25(24)29-32)26(33)18-23(21-12-6-4-7-13-21)22-14-8-5-9-15-22/h4-17,23H,18-20H2,1-3H3. The van der Waals surface area contributed by atoms with Crippen LogP contribution in [0.3, 0.4) is 0 Å². The third-order valence-electron chi connectivity index (χ3n) is 6.35. The minimum atomic E-state index is -0.148. The number of benzene rings is 2. The molecule has 33 heavy (non-hydrogen) atoms. The molecule has 168 valence electrons. The first-order valence-electron chi connectivity index (χ1n) is 11.5. The maximum absolute atomic E-state index is 13.5. The average Bonchev–Trinajstić information content (AvgIpc) is 3.54. The van der Waals surface area contributed by atoms with Gasteiger partial charge in [-0.25, -0.2) is 4.68 Å². The van der Waals surface area contributed by atoms with Crippen LogP contribution in [0.5, 0.6) is 0 Å². The Morgan fingerprint density at radius 2 is 1.45 bits per heavy atom. The Balaban J connectivity index is 1.42. The summed E-state index contributed by atoms with van der Waals surface area (Å²) in [7, 11) is 0. The third kappa shape index (κ3) is 4.11. The van der Waals surface area contributed by atoms with Gasteiger partial charge in [-0.1, -0.05) is 60.7 Å². The molecule has 5 nitrogen and oxygen atoms in total. The van der Waals surface area contributed by atoms with Gasteiger partial charge in [-0.05, 0) is 44.0 Å². The summed E-state index contributed by atoms with van der Waals surface area (Å²) < 4.78 is 4.21. The highest BCUT2D eigenvalue weighted by atomic mass is 16.2. The topological polar surface area (TPSA) is 43.1 Å². The summed E-state index contributed by atoms with van der Waals surface area (Å²) in [5, 5.41) is 4.95. The van der Waals surface area contributed by atoms with Gasteiger partial charge in [0, 0.05) is 30.3 Å². The van der Waals surface area contributed by atoms with Crippen LogP contribution in [-0.2, 0) is 23.4 Å². The molecule has 4 aromatic rings. The highest BCUT2D eigenvalue weighted by molar-refractivity contribution is 5.78. The molecule has 1 aliphatic heterocycles. The summed E-state index contributed by atoms with van der Waals surface area (Å²) >= 11 is 0. The molecule has 3 heterocycles. The molecule has 0 unspecified atom stereocenters. The van der Waals surface area contributed by atoms with Crippen LogP contribution in [0.25, 0.3) is 5.82 Å². The predicted molar refractivity (Wildman–Crippen MR) is 130 cm³/mol. The summed E-state index contributed by atoms with van der Waals surface area (Å²) in [5.41, 5.74) is 4.33. The average molecular weight is 439 g/mol. The van der Waals surface area contributed by atoms with E-state index < -0.39 is 0 Å². The molecular weight excluding hydrogens is 408 g/mol. The van der Waals surface area contributed by atoms with Crippen LogP contribution in [-0.4, -0.2) is 25.2 Å². The quantitative estimate of drug-likeness (QED) is 0.413. The Kier molecular flexibility index (Phi) is 5.41. The van der Waals surface area contributed by atoms with Crippen molar-refractivity contribution in [2.24, 2.45) is 0 Å². The number of carbonyl (C=O) groups excluding carboxylic acids is 1. The van der Waals surface area contributed by atoms with Crippen molar-refractivity contribution >= 4 is 5.91 Å². The zero-order valence-electron chi connectivity index (χ0n) is 19.5. The van der Waals surface area contributed by atoms with Gasteiger partial charge in [-0.2, -0.15) is 5.10 Å². The zero-order valence-corrected chi connectivity index (χ0v) is 19.5. The number of rotatable bonds is 5.